The van der Waals surface area contributed by atoms with Gasteiger partial charge in [-0.3, -0.25) is 4.79 Å². The molecule has 1 fully saturated rings. The Hall–Kier alpha value is -0.610. The Balaban J connectivity index is 1.99. The number of nitrogens with zero attached hydrogens (tertiary/aromatic N) is 1. The fourth-order valence-corrected chi connectivity index (χ4v) is 2.45. The van der Waals surface area contributed by atoms with Crippen LogP contribution in [-0.2, 0) is 4.79 Å². The topological polar surface area (TPSA) is 44.4 Å². The summed E-state index contributed by atoms with van der Waals surface area (Å²) in [7, 11) is 3.90. The molecule has 0 radical (unpaired) electrons. The molecule has 17 heavy (non-hydrogen) atoms. The van der Waals surface area contributed by atoms with Crippen molar-refractivity contribution in [3.8, 4) is 0 Å². The van der Waals surface area contributed by atoms with Crippen molar-refractivity contribution in [2.45, 2.75) is 44.6 Å². The molecular formula is C13H27N3O. The first-order valence-corrected chi connectivity index (χ1v) is 6.85. The lowest BCUT2D eigenvalue weighted by molar-refractivity contribution is -0.119. The molecule has 0 unspecified atom stereocenters. The average Bonchev–Trinajstić information content (AvgIpc) is 2.38. The van der Waals surface area contributed by atoms with Gasteiger partial charge in [0.1, 0.15) is 0 Å². The number of carbonyl (C=O) groups excluding carboxylic acids is 1. The van der Waals surface area contributed by atoms with Crippen molar-refractivity contribution in [3.05, 3.63) is 0 Å². The van der Waals surface area contributed by atoms with E-state index in [1.165, 1.54) is 32.1 Å². The Morgan fingerprint density at radius 3 is 2.65 bits per heavy atom. The summed E-state index contributed by atoms with van der Waals surface area (Å²) in [6.07, 6.45) is 8.04. The van der Waals surface area contributed by atoms with Crippen LogP contribution in [0.2, 0.25) is 0 Å². The average molecular weight is 241 g/mol. The van der Waals surface area contributed by atoms with Gasteiger partial charge in [0.05, 0.1) is 6.54 Å². The second-order valence-corrected chi connectivity index (χ2v) is 4.98. The van der Waals surface area contributed by atoms with E-state index in [0.717, 1.165) is 25.6 Å². The van der Waals surface area contributed by atoms with Crippen LogP contribution in [0.1, 0.15) is 38.5 Å². The van der Waals surface area contributed by atoms with E-state index in [2.05, 4.69) is 22.6 Å². The van der Waals surface area contributed by atoms with Crippen molar-refractivity contribution < 1.29 is 4.79 Å². The molecule has 0 bridgehead atoms. The van der Waals surface area contributed by atoms with Crippen molar-refractivity contribution in [1.82, 2.24) is 15.5 Å². The standard InChI is InChI=1S/C13H27N3O/c1-14-13(17)11-15-9-6-10-16(2)12-7-4-3-5-8-12/h12,15H,3-11H2,1-2H3,(H,14,17). The van der Waals surface area contributed by atoms with Crippen LogP contribution in [0.15, 0.2) is 0 Å². The monoisotopic (exact) mass is 241 g/mol. The van der Waals surface area contributed by atoms with Crippen molar-refractivity contribution in [2.75, 3.05) is 33.7 Å². The zero-order valence-corrected chi connectivity index (χ0v) is 11.3. The summed E-state index contributed by atoms with van der Waals surface area (Å²) in [5.41, 5.74) is 0. The van der Waals surface area contributed by atoms with Crippen molar-refractivity contribution in [3.63, 3.8) is 0 Å². The van der Waals surface area contributed by atoms with Gasteiger partial charge in [0.25, 0.3) is 0 Å². The van der Waals surface area contributed by atoms with Gasteiger partial charge in [0.15, 0.2) is 0 Å². The molecule has 0 heterocycles. The molecule has 0 saturated heterocycles. The SMILES string of the molecule is CNC(=O)CNCCCN(C)C1CCCCC1. The van der Waals surface area contributed by atoms with Gasteiger partial charge in [-0.15, -0.1) is 0 Å². The largest absolute Gasteiger partial charge is 0.358 e. The highest BCUT2D eigenvalue weighted by Gasteiger charge is 2.16. The number of amides is 1. The molecule has 4 heteroatoms. The van der Waals surface area contributed by atoms with E-state index >= 15 is 0 Å². The van der Waals surface area contributed by atoms with Crippen LogP contribution in [0.25, 0.3) is 0 Å². The van der Waals surface area contributed by atoms with Gasteiger partial charge in [-0.05, 0) is 39.4 Å². The molecule has 1 amide bonds. The molecule has 1 aliphatic rings. The molecule has 0 aromatic rings. The van der Waals surface area contributed by atoms with E-state index in [9.17, 15) is 4.79 Å². The fraction of sp³-hybridized carbons (Fsp3) is 0.923. The number of likely N-dealkylation sites (N-methyl/N-ethyl adjacent to an activating group) is 1. The van der Waals surface area contributed by atoms with E-state index in [1.54, 1.807) is 7.05 Å². The van der Waals surface area contributed by atoms with Crippen LogP contribution < -0.4 is 10.6 Å². The van der Waals surface area contributed by atoms with Gasteiger partial charge >= 0.3 is 0 Å². The fourth-order valence-electron chi connectivity index (χ4n) is 2.45. The Bertz CT molecular complexity index is 215. The molecule has 0 aliphatic heterocycles. The third-order valence-electron chi connectivity index (χ3n) is 3.63. The summed E-state index contributed by atoms with van der Waals surface area (Å²) in [5, 5.41) is 5.76. The van der Waals surface area contributed by atoms with E-state index in [0.29, 0.717) is 6.54 Å². The Morgan fingerprint density at radius 1 is 1.29 bits per heavy atom. The number of carbonyl (C=O) groups is 1. The predicted molar refractivity (Wildman–Crippen MR) is 71.1 cm³/mol. The molecule has 0 spiro atoms. The van der Waals surface area contributed by atoms with Crippen LogP contribution in [-0.4, -0.2) is 50.6 Å². The van der Waals surface area contributed by atoms with E-state index < -0.39 is 0 Å². The number of hydrogen-bond acceptors (Lipinski definition) is 3. The second-order valence-electron chi connectivity index (χ2n) is 4.98. The molecule has 1 saturated carbocycles. The van der Waals surface area contributed by atoms with Crippen LogP contribution in [0.5, 0.6) is 0 Å². The maximum atomic E-state index is 11.0. The summed E-state index contributed by atoms with van der Waals surface area (Å²) >= 11 is 0. The highest BCUT2D eigenvalue weighted by Crippen LogP contribution is 2.21. The van der Waals surface area contributed by atoms with E-state index in [4.69, 9.17) is 0 Å². The normalized spacial score (nSPS) is 17.4. The quantitative estimate of drug-likeness (QED) is 0.653. The number of hydrogen-bond donors (Lipinski definition) is 2. The Labute approximate surface area is 105 Å². The Morgan fingerprint density at radius 2 is 2.00 bits per heavy atom. The van der Waals surface area contributed by atoms with Crippen LogP contribution in [0, 0.1) is 0 Å². The molecule has 1 aliphatic carbocycles. The third-order valence-corrected chi connectivity index (χ3v) is 3.63. The maximum absolute atomic E-state index is 11.0. The first kappa shape index (κ1) is 14.5. The molecule has 100 valence electrons. The van der Waals surface area contributed by atoms with Gasteiger partial charge in [-0.25, -0.2) is 0 Å². The minimum absolute atomic E-state index is 0.0608. The van der Waals surface area contributed by atoms with Gasteiger partial charge < -0.3 is 15.5 Å². The van der Waals surface area contributed by atoms with Gasteiger partial charge in [0, 0.05) is 13.1 Å². The Kier molecular flexibility index (Phi) is 7.21. The predicted octanol–water partition coefficient (Wildman–Crippen LogP) is 0.977. The van der Waals surface area contributed by atoms with Gasteiger partial charge in [-0.1, -0.05) is 19.3 Å². The van der Waals surface area contributed by atoms with Crippen LogP contribution in [0.4, 0.5) is 0 Å². The number of rotatable bonds is 7. The van der Waals surface area contributed by atoms with Gasteiger partial charge in [0.2, 0.25) is 5.91 Å². The van der Waals surface area contributed by atoms with Crippen LogP contribution >= 0.6 is 0 Å². The minimum Gasteiger partial charge on any atom is -0.358 e. The first-order valence-electron chi connectivity index (χ1n) is 6.85. The van der Waals surface area contributed by atoms with Crippen molar-refractivity contribution >= 4 is 5.91 Å². The highest BCUT2D eigenvalue weighted by atomic mass is 16.1. The molecule has 0 aromatic carbocycles. The summed E-state index contributed by atoms with van der Waals surface area (Å²) in [4.78, 5) is 13.5. The summed E-state index contributed by atoms with van der Waals surface area (Å²) in [6, 6.07) is 0.794. The third kappa shape index (κ3) is 6.03. The molecule has 0 atom stereocenters. The zero-order chi connectivity index (χ0) is 12.5. The summed E-state index contributed by atoms with van der Waals surface area (Å²) < 4.78 is 0. The van der Waals surface area contributed by atoms with Crippen molar-refractivity contribution in [2.24, 2.45) is 0 Å². The van der Waals surface area contributed by atoms with E-state index in [1.807, 2.05) is 0 Å². The molecule has 0 aromatic heterocycles. The molecule has 1 rings (SSSR count). The lowest BCUT2D eigenvalue weighted by atomic mass is 9.94. The van der Waals surface area contributed by atoms with Crippen LogP contribution in [0.3, 0.4) is 0 Å². The lowest BCUT2D eigenvalue weighted by Gasteiger charge is -2.31. The summed E-state index contributed by atoms with van der Waals surface area (Å²) in [5.74, 6) is 0.0608. The number of nitrogens with one attached hydrogen (secondary N) is 2. The van der Waals surface area contributed by atoms with E-state index in [-0.39, 0.29) is 5.91 Å². The molecule has 4 nitrogen and oxygen atoms in total. The first-order chi connectivity index (χ1) is 8.24. The molecular weight excluding hydrogens is 214 g/mol. The highest BCUT2D eigenvalue weighted by molar-refractivity contribution is 5.77. The van der Waals surface area contributed by atoms with Gasteiger partial charge in [-0.2, -0.15) is 0 Å². The minimum atomic E-state index is 0.0608. The smallest absolute Gasteiger partial charge is 0.233 e. The second kappa shape index (κ2) is 8.48. The lowest BCUT2D eigenvalue weighted by Crippen LogP contribution is -2.36. The maximum Gasteiger partial charge on any atom is 0.233 e. The molecule has 2 N–H and O–H groups in total. The van der Waals surface area contributed by atoms with Crippen molar-refractivity contribution in [1.29, 1.82) is 0 Å². The summed E-state index contributed by atoms with van der Waals surface area (Å²) in [6.45, 7) is 2.49. The zero-order valence-electron chi connectivity index (χ0n) is 11.3.